The van der Waals surface area contributed by atoms with E-state index in [-0.39, 0.29) is 12.2 Å². The van der Waals surface area contributed by atoms with Crippen molar-refractivity contribution in [1.29, 1.82) is 0 Å². The molecule has 3 N–H and O–H groups in total. The molecule has 0 saturated heterocycles. The van der Waals surface area contributed by atoms with Crippen molar-refractivity contribution in [3.63, 3.8) is 0 Å². The van der Waals surface area contributed by atoms with Crippen LogP contribution in [0.3, 0.4) is 0 Å². The lowest BCUT2D eigenvalue weighted by Crippen LogP contribution is -2.18. The van der Waals surface area contributed by atoms with Crippen LogP contribution in [0.4, 0.5) is 0 Å². The van der Waals surface area contributed by atoms with Crippen molar-refractivity contribution in [2.45, 2.75) is 52.4 Å². The van der Waals surface area contributed by atoms with Crippen LogP contribution in [0.5, 0.6) is 0 Å². The lowest BCUT2D eigenvalue weighted by atomic mass is 10.0. The first-order valence-corrected chi connectivity index (χ1v) is 8.52. The highest BCUT2D eigenvalue weighted by Crippen LogP contribution is 2.12. The Balaban J connectivity index is 0.000000763. The summed E-state index contributed by atoms with van der Waals surface area (Å²) in [7, 11) is -4.67. The smallest absolute Gasteiger partial charge is 0.393 e. The van der Waals surface area contributed by atoms with Crippen molar-refractivity contribution in [3.05, 3.63) is 35.9 Å². The van der Waals surface area contributed by atoms with E-state index >= 15 is 0 Å². The maximum absolute atomic E-state index is 9.71. The molecule has 6 nitrogen and oxygen atoms in total. The predicted molar refractivity (Wildman–Crippen MR) is 84.9 cm³/mol. The molecule has 0 aliphatic rings. The van der Waals surface area contributed by atoms with E-state index < -0.39 is 10.4 Å². The third-order valence-corrected chi connectivity index (χ3v) is 3.02. The Labute approximate surface area is 132 Å². The Morgan fingerprint density at radius 3 is 2.00 bits per heavy atom. The largest absolute Gasteiger partial charge is 0.394 e. The molecule has 0 bridgehead atoms. The van der Waals surface area contributed by atoms with Crippen molar-refractivity contribution < 1.29 is 27.4 Å². The summed E-state index contributed by atoms with van der Waals surface area (Å²) in [5.41, 5.74) is 1.20. The number of hydrogen-bond acceptors (Lipinski definition) is 4. The lowest BCUT2D eigenvalue weighted by molar-refractivity contribution is 0.0292. The fourth-order valence-corrected chi connectivity index (χ4v) is 1.63. The van der Waals surface area contributed by atoms with E-state index in [9.17, 15) is 5.11 Å². The molecule has 0 aliphatic heterocycles. The summed E-state index contributed by atoms with van der Waals surface area (Å²) in [6.45, 7) is 6.80. The minimum Gasteiger partial charge on any atom is -0.393 e. The zero-order valence-electron chi connectivity index (χ0n) is 13.2. The van der Waals surface area contributed by atoms with E-state index in [4.69, 9.17) is 22.3 Å². The number of aliphatic hydroxyl groups is 1. The molecule has 1 aromatic carbocycles. The fraction of sp³-hybridized carbons (Fsp3) is 0.600. The summed E-state index contributed by atoms with van der Waals surface area (Å²) < 4.78 is 37.3. The number of ether oxygens (including phenoxy) is 1. The van der Waals surface area contributed by atoms with Gasteiger partial charge in [0.1, 0.15) is 0 Å². The zero-order valence-corrected chi connectivity index (χ0v) is 14.0. The molecular weight excluding hydrogens is 308 g/mol. The summed E-state index contributed by atoms with van der Waals surface area (Å²) in [6, 6.07) is 10.2. The Bertz CT molecular complexity index is 478. The summed E-state index contributed by atoms with van der Waals surface area (Å²) in [5.74, 6) is 0.330. The molecule has 22 heavy (non-hydrogen) atoms. The van der Waals surface area contributed by atoms with Gasteiger partial charge in [-0.2, -0.15) is 8.42 Å². The highest BCUT2D eigenvalue weighted by Gasteiger charge is 2.11. The Hall–Kier alpha value is -0.990. The average Bonchev–Trinajstić information content (AvgIpc) is 2.41. The van der Waals surface area contributed by atoms with Gasteiger partial charge in [-0.3, -0.25) is 9.11 Å². The summed E-state index contributed by atoms with van der Waals surface area (Å²) in [6.07, 6.45) is 1.71. The van der Waals surface area contributed by atoms with Crippen LogP contribution >= 0.6 is 0 Å². The summed E-state index contributed by atoms with van der Waals surface area (Å²) in [4.78, 5) is 0. The number of hydrogen-bond donors (Lipinski definition) is 3. The van der Waals surface area contributed by atoms with E-state index in [1.54, 1.807) is 0 Å². The monoisotopic (exact) mass is 334 g/mol. The van der Waals surface area contributed by atoms with E-state index in [1.807, 2.05) is 32.0 Å². The van der Waals surface area contributed by atoms with Crippen LogP contribution < -0.4 is 0 Å². The van der Waals surface area contributed by atoms with Crippen molar-refractivity contribution in [1.82, 2.24) is 0 Å². The fourth-order valence-electron chi connectivity index (χ4n) is 1.63. The van der Waals surface area contributed by atoms with Crippen LogP contribution in [0.2, 0.25) is 0 Å². The van der Waals surface area contributed by atoms with Crippen LogP contribution in [0.15, 0.2) is 30.3 Å². The third-order valence-electron chi connectivity index (χ3n) is 3.02. The van der Waals surface area contributed by atoms with Crippen LogP contribution in [0.25, 0.3) is 0 Å². The molecule has 0 fully saturated rings. The Morgan fingerprint density at radius 1 is 1.05 bits per heavy atom. The second-order valence-electron chi connectivity index (χ2n) is 5.44. The second kappa shape index (κ2) is 10.7. The van der Waals surface area contributed by atoms with Crippen molar-refractivity contribution in [2.75, 3.05) is 0 Å². The molecule has 2 atom stereocenters. The molecule has 0 spiro atoms. The summed E-state index contributed by atoms with van der Waals surface area (Å²) >= 11 is 0. The van der Waals surface area contributed by atoms with E-state index in [1.165, 1.54) is 5.56 Å². The Kier molecular flexibility index (Phi) is 10.2. The van der Waals surface area contributed by atoms with Gasteiger partial charge in [0.15, 0.2) is 0 Å². The molecular formula is C15H26O6S. The highest BCUT2D eigenvalue weighted by molar-refractivity contribution is 7.79. The van der Waals surface area contributed by atoms with Crippen LogP contribution in [0.1, 0.15) is 39.2 Å². The van der Waals surface area contributed by atoms with Gasteiger partial charge in [0, 0.05) is 0 Å². The van der Waals surface area contributed by atoms with E-state index in [2.05, 4.69) is 19.1 Å². The third kappa shape index (κ3) is 14.0. The van der Waals surface area contributed by atoms with Gasteiger partial charge in [0.05, 0.1) is 18.8 Å². The van der Waals surface area contributed by atoms with Crippen molar-refractivity contribution in [3.8, 4) is 0 Å². The van der Waals surface area contributed by atoms with Gasteiger partial charge in [0.25, 0.3) is 0 Å². The normalized spacial score (nSPS) is 14.1. The van der Waals surface area contributed by atoms with Crippen molar-refractivity contribution >= 4 is 10.4 Å². The molecule has 0 aromatic heterocycles. The van der Waals surface area contributed by atoms with Gasteiger partial charge in [-0.05, 0) is 31.2 Å². The lowest BCUT2D eigenvalue weighted by Gasteiger charge is -2.18. The standard InChI is InChI=1S/C15H24O2.H2O4S/c1-12(2)15(16)10-9-13(3)17-11-14-7-5-4-6-8-14;1-5(2,3)4/h4-8,12-13,15-16H,9-11H2,1-3H3;(H2,1,2,3,4)/t13-,15-;/m1./s1. The van der Waals surface area contributed by atoms with Gasteiger partial charge < -0.3 is 9.84 Å². The summed E-state index contributed by atoms with van der Waals surface area (Å²) in [5, 5.41) is 9.71. The first-order chi connectivity index (χ1) is 10.1. The van der Waals surface area contributed by atoms with Crippen LogP contribution in [-0.4, -0.2) is 34.8 Å². The molecule has 0 aliphatic carbocycles. The molecule has 1 aromatic rings. The maximum atomic E-state index is 9.71. The van der Waals surface area contributed by atoms with Gasteiger partial charge in [-0.25, -0.2) is 0 Å². The molecule has 1 rings (SSSR count). The SMILES string of the molecule is CC(C)[C@H](O)CC[C@@H](C)OCc1ccccc1.O=S(=O)(O)O. The number of aliphatic hydroxyl groups excluding tert-OH is 1. The minimum atomic E-state index is -4.67. The molecule has 0 radical (unpaired) electrons. The molecule has 0 unspecified atom stereocenters. The Morgan fingerprint density at radius 2 is 1.55 bits per heavy atom. The zero-order chi connectivity index (χ0) is 17.2. The molecule has 128 valence electrons. The van der Waals surface area contributed by atoms with Gasteiger partial charge in [0.2, 0.25) is 0 Å². The van der Waals surface area contributed by atoms with Crippen LogP contribution in [-0.2, 0) is 21.7 Å². The maximum Gasteiger partial charge on any atom is 0.394 e. The van der Waals surface area contributed by atoms with Gasteiger partial charge in [-0.1, -0.05) is 44.2 Å². The highest BCUT2D eigenvalue weighted by atomic mass is 32.3. The molecule has 0 heterocycles. The number of benzene rings is 1. The van der Waals surface area contributed by atoms with Gasteiger partial charge >= 0.3 is 10.4 Å². The second-order valence-corrected chi connectivity index (χ2v) is 6.34. The van der Waals surface area contributed by atoms with Gasteiger partial charge in [-0.15, -0.1) is 0 Å². The first-order valence-electron chi connectivity index (χ1n) is 7.13. The quantitative estimate of drug-likeness (QED) is 0.662. The van der Waals surface area contributed by atoms with E-state index in [0.717, 1.165) is 12.8 Å². The predicted octanol–water partition coefficient (Wildman–Crippen LogP) is 2.74. The number of rotatable bonds is 7. The molecule has 7 heteroatoms. The molecule has 0 amide bonds. The molecule has 0 saturated carbocycles. The van der Waals surface area contributed by atoms with E-state index in [0.29, 0.717) is 12.5 Å². The average molecular weight is 334 g/mol. The first kappa shape index (κ1) is 21.0. The topological polar surface area (TPSA) is 104 Å². The van der Waals surface area contributed by atoms with Crippen molar-refractivity contribution in [2.24, 2.45) is 5.92 Å². The minimum absolute atomic E-state index is 0.198. The van der Waals surface area contributed by atoms with Crippen LogP contribution in [0, 0.1) is 5.92 Å².